The molecule has 2 heteroatoms. The maximum Gasteiger partial charge on any atom is 0.134 e. The minimum atomic E-state index is 0.171. The van der Waals surface area contributed by atoms with Gasteiger partial charge in [-0.2, -0.15) is 0 Å². The largest absolute Gasteiger partial charge is 0.319 e. The first-order chi connectivity index (χ1) is 7.74. The van der Waals surface area contributed by atoms with Crippen LogP contribution in [0.15, 0.2) is 24.3 Å². The van der Waals surface area contributed by atoms with Crippen molar-refractivity contribution < 1.29 is 4.79 Å². The summed E-state index contributed by atoms with van der Waals surface area (Å²) in [4.78, 5) is 11.1. The molecule has 2 nitrogen and oxygen atoms in total. The topological polar surface area (TPSA) is 29.1 Å². The molecule has 0 amide bonds. The van der Waals surface area contributed by atoms with Crippen LogP contribution in [0.1, 0.15) is 24.5 Å². The number of hydrogen-bond acceptors (Lipinski definition) is 2. The van der Waals surface area contributed by atoms with Crippen LogP contribution in [-0.2, 0) is 11.2 Å². The lowest BCUT2D eigenvalue weighted by Gasteiger charge is -2.00. The van der Waals surface area contributed by atoms with Crippen LogP contribution in [0.25, 0.3) is 0 Å². The van der Waals surface area contributed by atoms with Crippen molar-refractivity contribution >= 4 is 5.78 Å². The molecule has 0 saturated carbocycles. The molecule has 1 aromatic carbocycles. The van der Waals surface area contributed by atoms with Crippen LogP contribution in [0.2, 0.25) is 0 Å². The number of carbonyl (C=O) groups is 1. The van der Waals surface area contributed by atoms with Gasteiger partial charge in [0, 0.05) is 24.9 Å². The van der Waals surface area contributed by atoms with Crippen LogP contribution in [0.4, 0.5) is 0 Å². The molecule has 0 bridgehead atoms. The summed E-state index contributed by atoms with van der Waals surface area (Å²) in [5.41, 5.74) is 1.99. The molecule has 0 atom stereocenters. The van der Waals surface area contributed by atoms with E-state index in [9.17, 15) is 4.79 Å². The third kappa shape index (κ3) is 4.29. The Morgan fingerprint density at radius 3 is 2.81 bits per heavy atom. The van der Waals surface area contributed by atoms with Gasteiger partial charge >= 0.3 is 0 Å². The quantitative estimate of drug-likeness (QED) is 0.612. The van der Waals surface area contributed by atoms with E-state index < -0.39 is 0 Å². The van der Waals surface area contributed by atoms with E-state index in [0.717, 1.165) is 24.1 Å². The maximum absolute atomic E-state index is 11.1. The summed E-state index contributed by atoms with van der Waals surface area (Å²) < 4.78 is 0. The summed E-state index contributed by atoms with van der Waals surface area (Å²) in [5, 5.41) is 3.04. The summed E-state index contributed by atoms with van der Waals surface area (Å²) in [5.74, 6) is 6.37. The van der Waals surface area contributed by atoms with Gasteiger partial charge in [-0.05, 0) is 25.6 Å². The normalized spacial score (nSPS) is 9.38. The summed E-state index contributed by atoms with van der Waals surface area (Å²) >= 11 is 0. The van der Waals surface area contributed by atoms with Gasteiger partial charge in [-0.1, -0.05) is 30.0 Å². The van der Waals surface area contributed by atoms with Crippen molar-refractivity contribution in [1.29, 1.82) is 0 Å². The molecule has 16 heavy (non-hydrogen) atoms. The number of nitrogens with one attached hydrogen (secondary N) is 1. The Labute approximate surface area is 97.1 Å². The first kappa shape index (κ1) is 12.5. The Kier molecular flexibility index (Phi) is 5.31. The summed E-state index contributed by atoms with van der Waals surface area (Å²) in [6.45, 7) is 2.49. The molecule has 0 aliphatic carbocycles. The average molecular weight is 215 g/mol. The second kappa shape index (κ2) is 6.81. The minimum Gasteiger partial charge on any atom is -0.319 e. The van der Waals surface area contributed by atoms with Crippen LogP contribution in [0, 0.1) is 11.8 Å². The smallest absolute Gasteiger partial charge is 0.134 e. The van der Waals surface area contributed by atoms with Crippen molar-refractivity contribution in [3.05, 3.63) is 35.4 Å². The number of ketones is 1. The standard InChI is InChI=1S/C14H17NO/c1-12(16)11-14-9-4-3-7-13(14)8-5-6-10-15-2/h3-4,7,9,15H,6,10-11H2,1-2H3. The molecule has 84 valence electrons. The summed E-state index contributed by atoms with van der Waals surface area (Å²) in [6, 6.07) is 7.82. The van der Waals surface area contributed by atoms with Crippen molar-refractivity contribution in [2.75, 3.05) is 13.6 Å². The summed E-state index contributed by atoms with van der Waals surface area (Å²) in [7, 11) is 1.91. The second-order valence-corrected chi connectivity index (χ2v) is 3.69. The number of carbonyl (C=O) groups excluding carboxylic acids is 1. The molecule has 0 aromatic heterocycles. The molecule has 1 rings (SSSR count). The van der Waals surface area contributed by atoms with Crippen molar-refractivity contribution in [2.45, 2.75) is 19.8 Å². The van der Waals surface area contributed by atoms with Crippen LogP contribution < -0.4 is 5.32 Å². The van der Waals surface area contributed by atoms with E-state index in [4.69, 9.17) is 0 Å². The number of hydrogen-bond donors (Lipinski definition) is 1. The van der Waals surface area contributed by atoms with Gasteiger partial charge in [-0.15, -0.1) is 0 Å². The molecular formula is C14H17NO. The van der Waals surface area contributed by atoms with Crippen LogP contribution in [0.3, 0.4) is 0 Å². The second-order valence-electron chi connectivity index (χ2n) is 3.69. The predicted molar refractivity (Wildman–Crippen MR) is 66.2 cm³/mol. The monoisotopic (exact) mass is 215 g/mol. The molecule has 0 saturated heterocycles. The van der Waals surface area contributed by atoms with Gasteiger partial charge in [0.15, 0.2) is 0 Å². The molecule has 0 radical (unpaired) electrons. The first-order valence-electron chi connectivity index (χ1n) is 5.45. The fraction of sp³-hybridized carbons (Fsp3) is 0.357. The van der Waals surface area contributed by atoms with E-state index in [1.165, 1.54) is 0 Å². The molecule has 1 N–H and O–H groups in total. The lowest BCUT2D eigenvalue weighted by molar-refractivity contribution is -0.116. The fourth-order valence-electron chi connectivity index (χ4n) is 1.41. The fourth-order valence-corrected chi connectivity index (χ4v) is 1.41. The van der Waals surface area contributed by atoms with Gasteiger partial charge < -0.3 is 5.32 Å². The molecule has 0 heterocycles. The molecule has 0 aliphatic heterocycles. The van der Waals surface area contributed by atoms with Crippen molar-refractivity contribution in [2.24, 2.45) is 0 Å². The lowest BCUT2D eigenvalue weighted by atomic mass is 10.0. The van der Waals surface area contributed by atoms with E-state index in [2.05, 4.69) is 17.2 Å². The average Bonchev–Trinajstić information content (AvgIpc) is 2.26. The molecule has 0 unspecified atom stereocenters. The Morgan fingerprint density at radius 2 is 2.12 bits per heavy atom. The Morgan fingerprint density at radius 1 is 1.38 bits per heavy atom. The zero-order chi connectivity index (χ0) is 11.8. The van der Waals surface area contributed by atoms with Crippen LogP contribution in [0.5, 0.6) is 0 Å². The first-order valence-corrected chi connectivity index (χ1v) is 5.45. The number of rotatable bonds is 4. The molecule has 0 fully saturated rings. The van der Waals surface area contributed by atoms with Gasteiger partial charge in [0.2, 0.25) is 0 Å². The Bertz CT molecular complexity index is 412. The third-order valence-corrected chi connectivity index (χ3v) is 2.18. The SMILES string of the molecule is CNCCC#Cc1ccccc1CC(C)=O. The number of Topliss-reactive ketones (excluding diaryl/α,β-unsaturated/α-hetero) is 1. The molecule has 0 spiro atoms. The Balaban J connectivity index is 2.76. The predicted octanol–water partition coefficient (Wildman–Crippen LogP) is 1.78. The maximum atomic E-state index is 11.1. The summed E-state index contributed by atoms with van der Waals surface area (Å²) in [6.07, 6.45) is 1.29. The van der Waals surface area contributed by atoms with Gasteiger partial charge in [-0.3, -0.25) is 4.79 Å². The van der Waals surface area contributed by atoms with Crippen molar-refractivity contribution in [3.8, 4) is 11.8 Å². The van der Waals surface area contributed by atoms with Crippen LogP contribution >= 0.6 is 0 Å². The van der Waals surface area contributed by atoms with E-state index in [-0.39, 0.29) is 5.78 Å². The lowest BCUT2D eigenvalue weighted by Crippen LogP contribution is -2.06. The van der Waals surface area contributed by atoms with Crippen molar-refractivity contribution in [3.63, 3.8) is 0 Å². The van der Waals surface area contributed by atoms with Crippen molar-refractivity contribution in [1.82, 2.24) is 5.32 Å². The Hall–Kier alpha value is -1.59. The van der Waals surface area contributed by atoms with Crippen LogP contribution in [-0.4, -0.2) is 19.4 Å². The zero-order valence-corrected chi connectivity index (χ0v) is 9.84. The van der Waals surface area contributed by atoms with Gasteiger partial charge in [0.1, 0.15) is 5.78 Å². The third-order valence-electron chi connectivity index (χ3n) is 2.18. The molecule has 0 aliphatic rings. The number of benzene rings is 1. The van der Waals surface area contributed by atoms with E-state index in [1.54, 1.807) is 6.92 Å². The minimum absolute atomic E-state index is 0.171. The highest BCUT2D eigenvalue weighted by Crippen LogP contribution is 2.08. The van der Waals surface area contributed by atoms with Gasteiger partial charge in [0.05, 0.1) is 0 Å². The van der Waals surface area contributed by atoms with E-state index >= 15 is 0 Å². The van der Waals surface area contributed by atoms with E-state index in [1.807, 2.05) is 31.3 Å². The van der Waals surface area contributed by atoms with E-state index in [0.29, 0.717) is 6.42 Å². The highest BCUT2D eigenvalue weighted by atomic mass is 16.1. The van der Waals surface area contributed by atoms with Gasteiger partial charge in [0.25, 0.3) is 0 Å². The van der Waals surface area contributed by atoms with Gasteiger partial charge in [-0.25, -0.2) is 0 Å². The molecule has 1 aromatic rings. The highest BCUT2D eigenvalue weighted by molar-refractivity contribution is 5.78. The zero-order valence-electron chi connectivity index (χ0n) is 9.84. The molecular weight excluding hydrogens is 198 g/mol. The highest BCUT2D eigenvalue weighted by Gasteiger charge is 2.01.